The number of aryl methyl sites for hydroxylation is 1. The smallest absolute Gasteiger partial charge is 0.251 e. The summed E-state index contributed by atoms with van der Waals surface area (Å²) < 4.78 is 28.6. The zero-order valence-electron chi connectivity index (χ0n) is 41.3. The topological polar surface area (TPSA) is 218 Å². The number of aromatic nitrogens is 2. The Balaban J connectivity index is 0.833. The van der Waals surface area contributed by atoms with Crippen LogP contribution in [-0.2, 0) is 37.5 Å². The van der Waals surface area contributed by atoms with Gasteiger partial charge in [0.25, 0.3) is 5.91 Å². The van der Waals surface area contributed by atoms with Crippen LogP contribution in [0.2, 0.25) is 0 Å². The van der Waals surface area contributed by atoms with Gasteiger partial charge in [-0.05, 0) is 103 Å². The first-order valence-corrected chi connectivity index (χ1v) is 26.8. The van der Waals surface area contributed by atoms with Crippen LogP contribution in [0.5, 0.6) is 0 Å². The van der Waals surface area contributed by atoms with Gasteiger partial charge in [0.15, 0.2) is 5.11 Å². The number of benzene rings is 3. The van der Waals surface area contributed by atoms with E-state index < -0.39 is 39.5 Å². The van der Waals surface area contributed by atoms with Crippen LogP contribution in [0.1, 0.15) is 85.7 Å². The van der Waals surface area contributed by atoms with Gasteiger partial charge in [0.05, 0.1) is 33.1 Å². The summed E-state index contributed by atoms with van der Waals surface area (Å²) in [5, 5.41) is 26.1. The van der Waals surface area contributed by atoms with Crippen molar-refractivity contribution in [3.05, 3.63) is 131 Å². The molecule has 382 valence electrons. The fraction of sp³-hybridized carbons (Fsp3) is 0.404. The third kappa shape index (κ3) is 14.1. The van der Waals surface area contributed by atoms with Gasteiger partial charge in [-0.2, -0.15) is 4.31 Å². The van der Waals surface area contributed by atoms with Crippen LogP contribution in [0.4, 0.5) is 5.69 Å². The molecule has 0 saturated carbocycles. The van der Waals surface area contributed by atoms with Crippen molar-refractivity contribution in [3.63, 3.8) is 0 Å². The number of piperazine rings is 1. The summed E-state index contributed by atoms with van der Waals surface area (Å²) in [4.78, 5) is 67.6. The number of thiocarbonyl (C=S) groups is 1. The molecule has 4 amide bonds. The maximum atomic E-state index is 14.2. The Morgan fingerprint density at radius 2 is 1.64 bits per heavy atom. The minimum Gasteiger partial charge on any atom is -0.391 e. The van der Waals surface area contributed by atoms with E-state index in [9.17, 15) is 32.7 Å². The number of anilines is 1. The van der Waals surface area contributed by atoms with Crippen LogP contribution >= 0.6 is 23.6 Å². The molecule has 2 aromatic heterocycles. The molecule has 20 heteroatoms. The molecular weight excluding hydrogens is 973 g/mol. The molecule has 2 aliphatic heterocycles. The van der Waals surface area contributed by atoms with Gasteiger partial charge < -0.3 is 36.6 Å². The first-order chi connectivity index (χ1) is 34.3. The number of nitrogens with zero attached hydrogens (tertiary/aromatic N) is 5. The van der Waals surface area contributed by atoms with Gasteiger partial charge >= 0.3 is 0 Å². The van der Waals surface area contributed by atoms with Crippen molar-refractivity contribution >= 4 is 68.0 Å². The lowest BCUT2D eigenvalue weighted by atomic mass is 9.85. The highest BCUT2D eigenvalue weighted by molar-refractivity contribution is 7.89. The number of carbonyl (C=O) groups is 4. The van der Waals surface area contributed by atoms with E-state index in [0.717, 1.165) is 32.8 Å². The monoisotopic (exact) mass is 1040 g/mol. The Kier molecular flexibility index (Phi) is 17.9. The van der Waals surface area contributed by atoms with E-state index in [1.807, 2.05) is 94.7 Å². The molecule has 2 fully saturated rings. The number of likely N-dealkylation sites (tertiary alicyclic amines) is 1. The number of hydrogen-bond donors (Lipinski definition) is 6. The minimum absolute atomic E-state index is 0.0377. The highest BCUT2D eigenvalue weighted by Gasteiger charge is 2.44. The lowest BCUT2D eigenvalue weighted by Crippen LogP contribution is -2.57. The second kappa shape index (κ2) is 24.0. The Hall–Kier alpha value is -6.16. The maximum Gasteiger partial charge on any atom is 0.251 e. The molecule has 4 atom stereocenters. The third-order valence-corrected chi connectivity index (χ3v) is 15.9. The Morgan fingerprint density at radius 1 is 0.917 bits per heavy atom. The van der Waals surface area contributed by atoms with Crippen molar-refractivity contribution in [2.45, 2.75) is 96.1 Å². The minimum atomic E-state index is -3.72. The molecular formula is C52H64N10O7S3. The Labute approximate surface area is 431 Å². The predicted octanol–water partition coefficient (Wildman–Crippen LogP) is 5.39. The highest BCUT2D eigenvalue weighted by atomic mass is 32.2. The number of sulfonamides is 1. The van der Waals surface area contributed by atoms with Crippen molar-refractivity contribution in [3.8, 4) is 10.4 Å². The molecule has 4 heterocycles. The molecule has 2 saturated heterocycles. The Morgan fingerprint density at radius 3 is 2.31 bits per heavy atom. The van der Waals surface area contributed by atoms with Crippen molar-refractivity contribution in [2.75, 3.05) is 44.6 Å². The van der Waals surface area contributed by atoms with Gasteiger partial charge in [0.2, 0.25) is 27.7 Å². The first kappa shape index (κ1) is 53.6. The fourth-order valence-corrected chi connectivity index (χ4v) is 11.1. The highest BCUT2D eigenvalue weighted by Crippen LogP contribution is 2.30. The maximum absolute atomic E-state index is 14.2. The van der Waals surface area contributed by atoms with Crippen molar-refractivity contribution < 1.29 is 32.7 Å². The number of thiazole rings is 1. The summed E-state index contributed by atoms with van der Waals surface area (Å²) in [5.41, 5.74) is 6.96. The van der Waals surface area contributed by atoms with Crippen molar-refractivity contribution in [1.82, 2.24) is 45.3 Å². The zero-order valence-corrected chi connectivity index (χ0v) is 43.7. The van der Waals surface area contributed by atoms with Crippen LogP contribution in [0.15, 0.2) is 108 Å². The van der Waals surface area contributed by atoms with Crippen molar-refractivity contribution in [1.29, 1.82) is 0 Å². The van der Waals surface area contributed by atoms with Gasteiger partial charge in [-0.3, -0.25) is 29.1 Å². The van der Waals surface area contributed by atoms with E-state index in [0.29, 0.717) is 62.1 Å². The van der Waals surface area contributed by atoms with Gasteiger partial charge in [-0.1, -0.05) is 63.2 Å². The second-order valence-corrected chi connectivity index (χ2v) is 22.5. The number of nitrogens with one attached hydrogen (secondary N) is 5. The quantitative estimate of drug-likeness (QED) is 0.0480. The summed E-state index contributed by atoms with van der Waals surface area (Å²) in [6.07, 6.45) is 2.97. The van der Waals surface area contributed by atoms with Crippen LogP contribution in [0, 0.1) is 12.3 Å². The second-order valence-electron chi connectivity index (χ2n) is 19.3. The van der Waals surface area contributed by atoms with Crippen LogP contribution in [0.3, 0.4) is 0 Å². The summed E-state index contributed by atoms with van der Waals surface area (Å²) in [6, 6.07) is 23.2. The molecule has 6 N–H and O–H groups in total. The predicted molar refractivity (Wildman–Crippen MR) is 282 cm³/mol. The van der Waals surface area contributed by atoms with E-state index in [4.69, 9.17) is 12.2 Å². The normalized spacial score (nSPS) is 17.4. The van der Waals surface area contributed by atoms with Crippen LogP contribution < -0.4 is 26.6 Å². The number of aliphatic hydroxyl groups excluding tert-OH is 1. The summed E-state index contributed by atoms with van der Waals surface area (Å²) >= 11 is 6.96. The number of aliphatic hydroxyl groups is 1. The number of carbonyl (C=O) groups excluding carboxylic acids is 4. The molecule has 0 spiro atoms. The summed E-state index contributed by atoms with van der Waals surface area (Å²) in [7, 11) is -3.72. The molecule has 1 unspecified atom stereocenters. The average molecular weight is 1040 g/mol. The van der Waals surface area contributed by atoms with Gasteiger partial charge in [-0.15, -0.1) is 11.3 Å². The van der Waals surface area contributed by atoms with E-state index in [2.05, 4.69) is 41.5 Å². The number of pyridine rings is 1. The molecule has 17 nitrogen and oxygen atoms in total. The lowest BCUT2D eigenvalue weighted by Gasteiger charge is -2.35. The Bertz CT molecular complexity index is 2800. The van der Waals surface area contributed by atoms with E-state index in [1.165, 1.54) is 9.21 Å². The number of rotatable bonds is 18. The summed E-state index contributed by atoms with van der Waals surface area (Å²) in [6.45, 7) is 12.2. The zero-order chi connectivity index (χ0) is 51.6. The molecule has 5 aromatic rings. The van der Waals surface area contributed by atoms with E-state index in [-0.39, 0.29) is 54.6 Å². The van der Waals surface area contributed by atoms with Crippen LogP contribution in [0.25, 0.3) is 10.4 Å². The SMILES string of the molecule is Cc1ncsc1-c1ccc([C@H](C)NC(=O)[C@@H]2C[C@@H](O)CN2C(=O)C(NC(=O)CCCNC(=O)c2cccc(CN3CCN(S(=O)(=O)c4ccc(NC(=S)NCc5cccnc5)cc4)CC3)c2)C(C)(C)C)cc1. The number of amides is 4. The van der Waals surface area contributed by atoms with Gasteiger partial charge in [0.1, 0.15) is 12.1 Å². The van der Waals surface area contributed by atoms with E-state index in [1.54, 1.807) is 54.1 Å². The summed E-state index contributed by atoms with van der Waals surface area (Å²) in [5.74, 6) is -1.51. The molecule has 0 radical (unpaired) electrons. The number of β-amino-alcohol motifs (C(OH)–C–C–N with tert-alkyl or cyclic N) is 1. The van der Waals surface area contributed by atoms with Crippen LogP contribution in [-0.4, -0.2) is 124 Å². The third-order valence-electron chi connectivity index (χ3n) is 12.8. The van der Waals surface area contributed by atoms with Crippen molar-refractivity contribution in [2.24, 2.45) is 5.41 Å². The lowest BCUT2D eigenvalue weighted by molar-refractivity contribution is -0.144. The average Bonchev–Trinajstić information content (AvgIpc) is 3.99. The molecule has 0 aliphatic carbocycles. The van der Waals surface area contributed by atoms with Gasteiger partial charge in [0, 0.05) is 88.8 Å². The van der Waals surface area contributed by atoms with Gasteiger partial charge in [-0.25, -0.2) is 13.4 Å². The molecule has 0 bridgehead atoms. The molecule has 3 aromatic carbocycles. The standard InChI is InChI=1S/C52H64N10O7S3/c1-34(38-13-15-39(16-14-38)46-35(2)56-33-71-46)57-49(66)44-28-42(63)32-62(44)50(67)47(52(3,4)5)59-45(64)12-8-22-54-48(65)40-11-6-9-36(27-40)31-60-23-25-61(26-24-60)72(68,69)43-19-17-41(18-20-43)58-51(70)55-30-37-10-7-21-53-29-37/h6-7,9-11,13-21,27,29,33-34,42,44,47,63H,8,12,22-26,28,30-32H2,1-5H3,(H,54,65)(H,57,66)(H,59,64)(H2,55,58,70)/t34-,42+,44-,47?/m0/s1. The molecule has 72 heavy (non-hydrogen) atoms. The van der Waals surface area contributed by atoms with E-state index >= 15 is 0 Å². The fourth-order valence-electron chi connectivity index (χ4n) is 8.72. The largest absolute Gasteiger partial charge is 0.391 e. The first-order valence-electron chi connectivity index (χ1n) is 24.1. The number of hydrogen-bond acceptors (Lipinski definition) is 12. The molecule has 2 aliphatic rings. The molecule has 7 rings (SSSR count).